The van der Waals surface area contributed by atoms with Gasteiger partial charge in [0.1, 0.15) is 0 Å². The summed E-state index contributed by atoms with van der Waals surface area (Å²) in [4.78, 5) is 2.14. The van der Waals surface area contributed by atoms with Crippen LogP contribution in [-0.2, 0) is 0 Å². The Balaban J connectivity index is 2.33. The number of phenols is 1. The molecule has 0 unspecified atom stereocenters. The highest BCUT2D eigenvalue weighted by Gasteiger charge is 2.34. The maximum absolute atomic E-state index is 12.5. The number of benzene rings is 1. The number of aromatic hydroxyl groups is 1. The maximum Gasteiger partial charge on any atom is 0.573 e. The van der Waals surface area contributed by atoms with E-state index in [4.69, 9.17) is 0 Å². The quantitative estimate of drug-likeness (QED) is 0.814. The Morgan fingerprint density at radius 3 is 2.61 bits per heavy atom. The lowest BCUT2D eigenvalue weighted by atomic mass is 9.96. The Labute approximate surface area is 133 Å². The van der Waals surface area contributed by atoms with E-state index in [1.165, 1.54) is 6.07 Å². The lowest BCUT2D eigenvalue weighted by Gasteiger charge is -2.35. The lowest BCUT2D eigenvalue weighted by Crippen LogP contribution is -2.45. The van der Waals surface area contributed by atoms with E-state index in [1.54, 1.807) is 6.07 Å². The van der Waals surface area contributed by atoms with Gasteiger partial charge in [-0.3, -0.25) is 4.90 Å². The number of para-hydroxylation sites is 1. The van der Waals surface area contributed by atoms with E-state index in [2.05, 4.69) is 21.5 Å². The fraction of sp³-hybridized carbons (Fsp3) is 0.500. The van der Waals surface area contributed by atoms with Gasteiger partial charge in [-0.1, -0.05) is 17.7 Å². The van der Waals surface area contributed by atoms with Crippen molar-refractivity contribution >= 4 is 0 Å². The predicted octanol–water partition coefficient (Wildman–Crippen LogP) is 3.20. The Morgan fingerprint density at radius 2 is 2.04 bits per heavy atom. The maximum atomic E-state index is 12.5. The molecule has 0 aromatic heterocycles. The first-order chi connectivity index (χ1) is 10.8. The number of nitrogens with one attached hydrogen (secondary N) is 1. The molecular formula is C16H21F3N2O2. The minimum atomic E-state index is -4.84. The van der Waals surface area contributed by atoms with Crippen LogP contribution in [0.5, 0.6) is 11.5 Å². The highest BCUT2D eigenvalue weighted by Crippen LogP contribution is 2.40. The fourth-order valence-corrected chi connectivity index (χ4v) is 2.77. The molecular weight excluding hydrogens is 309 g/mol. The van der Waals surface area contributed by atoms with Crippen LogP contribution in [0.4, 0.5) is 13.2 Å². The number of phenolic OH excluding ortho intramolecular Hbond substituents is 1. The first-order valence-corrected chi connectivity index (χ1v) is 7.44. The summed E-state index contributed by atoms with van der Waals surface area (Å²) < 4.78 is 41.3. The first-order valence-electron chi connectivity index (χ1n) is 7.44. The Bertz CT molecular complexity index is 555. The van der Waals surface area contributed by atoms with E-state index in [0.717, 1.165) is 37.8 Å². The van der Waals surface area contributed by atoms with Gasteiger partial charge in [0.05, 0.1) is 0 Å². The Morgan fingerprint density at radius 1 is 1.39 bits per heavy atom. The van der Waals surface area contributed by atoms with Crippen molar-refractivity contribution in [3.63, 3.8) is 0 Å². The molecule has 1 atom stereocenters. The number of ether oxygens (including phenoxy) is 1. The minimum absolute atomic E-state index is 0.230. The van der Waals surface area contributed by atoms with Crippen molar-refractivity contribution in [2.24, 2.45) is 0 Å². The first kappa shape index (κ1) is 17.6. The molecule has 2 N–H and O–H groups in total. The molecule has 1 aromatic rings. The number of hydrogen-bond donors (Lipinski definition) is 2. The summed E-state index contributed by atoms with van der Waals surface area (Å²) in [5, 5.41) is 13.5. The molecule has 0 saturated carbocycles. The van der Waals surface area contributed by atoms with Gasteiger partial charge in [-0.05, 0) is 19.4 Å². The molecule has 7 heteroatoms. The molecule has 1 aliphatic rings. The highest BCUT2D eigenvalue weighted by atomic mass is 19.4. The van der Waals surface area contributed by atoms with Crippen LogP contribution >= 0.6 is 0 Å². The lowest BCUT2D eigenvalue weighted by molar-refractivity contribution is -0.275. The molecule has 23 heavy (non-hydrogen) atoms. The summed E-state index contributed by atoms with van der Waals surface area (Å²) in [5.74, 6) is -1.04. The normalized spacial score (nSPS) is 17.7. The van der Waals surface area contributed by atoms with Crippen molar-refractivity contribution in [3.8, 4) is 11.5 Å². The summed E-state index contributed by atoms with van der Waals surface area (Å²) in [7, 11) is 0. The topological polar surface area (TPSA) is 44.7 Å². The van der Waals surface area contributed by atoms with Gasteiger partial charge in [-0.25, -0.2) is 0 Å². The van der Waals surface area contributed by atoms with E-state index < -0.39 is 17.9 Å². The molecule has 0 radical (unpaired) electrons. The summed E-state index contributed by atoms with van der Waals surface area (Å²) >= 11 is 0. The monoisotopic (exact) mass is 330 g/mol. The molecule has 1 heterocycles. The third kappa shape index (κ3) is 4.87. The summed E-state index contributed by atoms with van der Waals surface area (Å²) in [6, 6.07) is 3.98. The second-order valence-electron chi connectivity index (χ2n) is 5.70. The van der Waals surface area contributed by atoms with Crippen LogP contribution in [0.15, 0.2) is 30.4 Å². The van der Waals surface area contributed by atoms with Gasteiger partial charge in [0.15, 0.2) is 11.5 Å². The summed E-state index contributed by atoms with van der Waals surface area (Å²) in [6.45, 7) is 8.85. The van der Waals surface area contributed by atoms with Crippen LogP contribution < -0.4 is 10.1 Å². The average molecular weight is 330 g/mol. The zero-order valence-electron chi connectivity index (χ0n) is 13.0. The molecule has 0 spiro atoms. The predicted molar refractivity (Wildman–Crippen MR) is 81.4 cm³/mol. The number of nitrogens with zero attached hydrogens (tertiary/aromatic N) is 1. The van der Waals surface area contributed by atoms with Gasteiger partial charge < -0.3 is 15.2 Å². The van der Waals surface area contributed by atoms with Gasteiger partial charge in [0, 0.05) is 37.8 Å². The SMILES string of the molecule is C=C(C)C[C@H](c1cccc(OC(F)(F)F)c1O)N1CCNCC1. The molecule has 2 rings (SSSR count). The molecule has 1 fully saturated rings. The van der Waals surface area contributed by atoms with Crippen LogP contribution in [0.1, 0.15) is 24.9 Å². The van der Waals surface area contributed by atoms with Crippen molar-refractivity contribution in [2.75, 3.05) is 26.2 Å². The highest BCUT2D eigenvalue weighted by molar-refractivity contribution is 5.47. The number of halogens is 3. The van der Waals surface area contributed by atoms with Crippen LogP contribution in [0.2, 0.25) is 0 Å². The zero-order chi connectivity index (χ0) is 17.0. The molecule has 4 nitrogen and oxygen atoms in total. The van der Waals surface area contributed by atoms with Crippen molar-refractivity contribution in [3.05, 3.63) is 35.9 Å². The van der Waals surface area contributed by atoms with Crippen molar-refractivity contribution in [2.45, 2.75) is 25.7 Å². The van der Waals surface area contributed by atoms with Gasteiger partial charge in [-0.15, -0.1) is 19.8 Å². The summed E-state index contributed by atoms with van der Waals surface area (Å²) in [5.41, 5.74) is 1.33. The number of alkyl halides is 3. The molecule has 1 aromatic carbocycles. The van der Waals surface area contributed by atoms with E-state index in [1.807, 2.05) is 6.92 Å². The van der Waals surface area contributed by atoms with Crippen molar-refractivity contribution in [1.82, 2.24) is 10.2 Å². The van der Waals surface area contributed by atoms with Gasteiger partial charge in [-0.2, -0.15) is 0 Å². The third-order valence-corrected chi connectivity index (χ3v) is 3.75. The number of piperazine rings is 1. The molecule has 1 aliphatic heterocycles. The standard InChI is InChI=1S/C16H21F3N2O2/c1-11(2)10-13(21-8-6-20-7-9-21)12-4-3-5-14(15(12)22)23-16(17,18)19/h3-5,13,20,22H,1,6-10H2,2H3/t13-/m1/s1. The largest absolute Gasteiger partial charge is 0.573 e. The van der Waals surface area contributed by atoms with E-state index in [0.29, 0.717) is 12.0 Å². The van der Waals surface area contributed by atoms with Gasteiger partial charge in [0.2, 0.25) is 0 Å². The van der Waals surface area contributed by atoms with Gasteiger partial charge in [0.25, 0.3) is 0 Å². The molecule has 0 amide bonds. The molecule has 128 valence electrons. The van der Waals surface area contributed by atoms with E-state index in [-0.39, 0.29) is 6.04 Å². The molecule has 0 bridgehead atoms. The van der Waals surface area contributed by atoms with E-state index >= 15 is 0 Å². The number of rotatable bonds is 5. The smallest absolute Gasteiger partial charge is 0.504 e. The zero-order valence-corrected chi connectivity index (χ0v) is 13.0. The van der Waals surface area contributed by atoms with Crippen LogP contribution in [0.25, 0.3) is 0 Å². The van der Waals surface area contributed by atoms with Crippen LogP contribution in [0, 0.1) is 0 Å². The van der Waals surface area contributed by atoms with Crippen molar-refractivity contribution in [1.29, 1.82) is 0 Å². The second kappa shape index (κ2) is 7.23. The Hall–Kier alpha value is -1.73. The molecule has 0 aliphatic carbocycles. The third-order valence-electron chi connectivity index (χ3n) is 3.75. The second-order valence-corrected chi connectivity index (χ2v) is 5.70. The van der Waals surface area contributed by atoms with Crippen molar-refractivity contribution < 1.29 is 23.0 Å². The number of hydrogen-bond acceptors (Lipinski definition) is 4. The van der Waals surface area contributed by atoms with Gasteiger partial charge >= 0.3 is 6.36 Å². The summed E-state index contributed by atoms with van der Waals surface area (Å²) in [6.07, 6.45) is -4.28. The van der Waals surface area contributed by atoms with E-state index in [9.17, 15) is 18.3 Å². The molecule has 1 saturated heterocycles. The average Bonchev–Trinajstić information content (AvgIpc) is 2.47. The Kier molecular flexibility index (Phi) is 5.54. The van der Waals surface area contributed by atoms with Crippen LogP contribution in [0.3, 0.4) is 0 Å². The van der Waals surface area contributed by atoms with Crippen LogP contribution in [-0.4, -0.2) is 42.5 Å². The fourth-order valence-electron chi connectivity index (χ4n) is 2.77. The minimum Gasteiger partial charge on any atom is -0.504 e.